The Kier molecular flexibility index (Phi) is 5.00. The highest BCUT2D eigenvalue weighted by Crippen LogP contribution is 2.35. The van der Waals surface area contributed by atoms with E-state index in [4.69, 9.17) is 9.97 Å². The van der Waals surface area contributed by atoms with Crippen molar-refractivity contribution in [1.82, 2.24) is 9.97 Å². The Morgan fingerprint density at radius 2 is 1.62 bits per heavy atom. The second-order valence-electron chi connectivity index (χ2n) is 6.81. The number of nitrogens with zero attached hydrogens (tertiary/aromatic N) is 2. The summed E-state index contributed by atoms with van der Waals surface area (Å²) in [5.74, 6) is 1.28. The van der Waals surface area contributed by atoms with Crippen molar-refractivity contribution in [3.05, 3.63) is 82.0 Å². The number of nitrogens with one attached hydrogen (secondary N) is 1. The predicted octanol–water partition coefficient (Wildman–Crippen LogP) is 6.66. The van der Waals surface area contributed by atoms with Crippen LogP contribution in [0.5, 0.6) is 0 Å². The maximum absolute atomic E-state index is 12.8. The van der Waals surface area contributed by atoms with Crippen LogP contribution in [0.15, 0.2) is 54.6 Å². The average Bonchev–Trinajstić information content (AvgIpc) is 2.96. The number of rotatable bonds is 4. The molecule has 0 saturated carbocycles. The van der Waals surface area contributed by atoms with Crippen molar-refractivity contribution in [1.29, 1.82) is 0 Å². The molecule has 29 heavy (non-hydrogen) atoms. The molecule has 0 aliphatic carbocycles. The first-order valence-corrected chi connectivity index (χ1v) is 9.88. The number of fused-ring (bicyclic) bond motifs is 1. The van der Waals surface area contributed by atoms with Crippen molar-refractivity contribution in [2.45, 2.75) is 26.4 Å². The molecule has 0 saturated heterocycles. The summed E-state index contributed by atoms with van der Waals surface area (Å²) in [6.45, 7) is 4.03. The summed E-state index contributed by atoms with van der Waals surface area (Å²) in [7, 11) is 0. The molecule has 0 bridgehead atoms. The second-order valence-corrected chi connectivity index (χ2v) is 8.02. The van der Waals surface area contributed by atoms with E-state index in [9.17, 15) is 13.2 Å². The summed E-state index contributed by atoms with van der Waals surface area (Å²) in [6, 6.07) is 14.9. The zero-order chi connectivity index (χ0) is 20.6. The van der Waals surface area contributed by atoms with Crippen molar-refractivity contribution >= 4 is 33.1 Å². The van der Waals surface area contributed by atoms with E-state index in [-0.39, 0.29) is 0 Å². The molecule has 0 spiro atoms. The maximum atomic E-state index is 12.8. The van der Waals surface area contributed by atoms with Gasteiger partial charge >= 0.3 is 6.18 Å². The Hall–Kier alpha value is -2.93. The van der Waals surface area contributed by atoms with Crippen LogP contribution in [0.2, 0.25) is 0 Å². The third kappa shape index (κ3) is 4.10. The minimum atomic E-state index is -4.36. The number of benzene rings is 2. The van der Waals surface area contributed by atoms with Gasteiger partial charge in [0.2, 0.25) is 0 Å². The van der Waals surface area contributed by atoms with Crippen molar-refractivity contribution in [3.8, 4) is 0 Å². The first kappa shape index (κ1) is 19.4. The van der Waals surface area contributed by atoms with E-state index in [2.05, 4.69) is 5.32 Å². The third-order valence-electron chi connectivity index (χ3n) is 4.76. The molecule has 0 unspecified atom stereocenters. The molecular formula is C22H18F3N3S. The van der Waals surface area contributed by atoms with Gasteiger partial charge in [0.05, 0.1) is 10.9 Å². The van der Waals surface area contributed by atoms with E-state index >= 15 is 0 Å². The highest BCUT2D eigenvalue weighted by Gasteiger charge is 2.30. The zero-order valence-electron chi connectivity index (χ0n) is 15.8. The van der Waals surface area contributed by atoms with Crippen LogP contribution < -0.4 is 5.32 Å². The van der Waals surface area contributed by atoms with Crippen LogP contribution in [0, 0.1) is 13.8 Å². The molecule has 2 heterocycles. The Labute approximate surface area is 170 Å². The normalized spacial score (nSPS) is 11.8. The number of thiophene rings is 1. The molecule has 1 N–H and O–H groups in total. The van der Waals surface area contributed by atoms with Crippen LogP contribution in [-0.2, 0) is 12.6 Å². The van der Waals surface area contributed by atoms with E-state index in [0.717, 1.165) is 38.4 Å². The quantitative estimate of drug-likeness (QED) is 0.406. The molecule has 0 fully saturated rings. The number of alkyl halides is 3. The van der Waals surface area contributed by atoms with Crippen LogP contribution in [0.3, 0.4) is 0 Å². The highest BCUT2D eigenvalue weighted by molar-refractivity contribution is 7.18. The van der Waals surface area contributed by atoms with Gasteiger partial charge in [-0.3, -0.25) is 0 Å². The summed E-state index contributed by atoms with van der Waals surface area (Å²) in [6.07, 6.45) is -3.78. The lowest BCUT2D eigenvalue weighted by molar-refractivity contribution is -0.137. The number of hydrogen-bond donors (Lipinski definition) is 1. The molecule has 0 atom stereocenters. The summed E-state index contributed by atoms with van der Waals surface area (Å²) >= 11 is 1.59. The van der Waals surface area contributed by atoms with E-state index in [1.165, 1.54) is 12.1 Å². The van der Waals surface area contributed by atoms with Gasteiger partial charge < -0.3 is 5.32 Å². The van der Waals surface area contributed by atoms with Gasteiger partial charge in [-0.1, -0.05) is 30.3 Å². The molecule has 7 heteroatoms. The molecular weight excluding hydrogens is 395 g/mol. The van der Waals surface area contributed by atoms with E-state index in [1.54, 1.807) is 11.3 Å². The molecule has 0 amide bonds. The average molecular weight is 413 g/mol. The number of anilines is 2. The minimum Gasteiger partial charge on any atom is -0.340 e. The second kappa shape index (κ2) is 7.48. The van der Waals surface area contributed by atoms with E-state index in [1.807, 2.05) is 44.2 Å². The fraction of sp³-hybridized carbons (Fsp3) is 0.182. The van der Waals surface area contributed by atoms with Crippen molar-refractivity contribution in [2.75, 3.05) is 5.32 Å². The number of halogens is 3. The standard InChI is InChI=1S/C22H18F3N3S/c1-13-14(2)29-21-19(13)20(26-17-10-8-16(9-11-17)22(23,24)25)27-18(28-21)12-15-6-4-3-5-7-15/h3-11H,12H2,1-2H3,(H,26,27,28). The molecule has 0 radical (unpaired) electrons. The van der Waals surface area contributed by atoms with Crippen LogP contribution in [-0.4, -0.2) is 9.97 Å². The Morgan fingerprint density at radius 1 is 0.931 bits per heavy atom. The largest absolute Gasteiger partial charge is 0.416 e. The lowest BCUT2D eigenvalue weighted by Gasteiger charge is -2.11. The lowest BCUT2D eigenvalue weighted by atomic mass is 10.1. The van der Waals surface area contributed by atoms with Crippen LogP contribution in [0.25, 0.3) is 10.2 Å². The number of aromatic nitrogens is 2. The van der Waals surface area contributed by atoms with Gasteiger partial charge in [0.1, 0.15) is 16.5 Å². The molecule has 148 valence electrons. The SMILES string of the molecule is Cc1sc2nc(Cc3ccccc3)nc(Nc3ccc(C(F)(F)F)cc3)c2c1C. The first-order valence-electron chi connectivity index (χ1n) is 9.06. The summed E-state index contributed by atoms with van der Waals surface area (Å²) in [5.41, 5.74) is 2.04. The van der Waals surface area contributed by atoms with Gasteiger partial charge in [-0.15, -0.1) is 11.3 Å². The number of aryl methyl sites for hydroxylation is 2. The van der Waals surface area contributed by atoms with Crippen LogP contribution in [0.4, 0.5) is 24.7 Å². The molecule has 2 aromatic heterocycles. The topological polar surface area (TPSA) is 37.8 Å². The third-order valence-corrected chi connectivity index (χ3v) is 5.86. The highest BCUT2D eigenvalue weighted by atomic mass is 32.1. The van der Waals surface area contributed by atoms with Crippen molar-refractivity contribution < 1.29 is 13.2 Å². The van der Waals surface area contributed by atoms with Crippen LogP contribution >= 0.6 is 11.3 Å². The Morgan fingerprint density at radius 3 is 2.28 bits per heavy atom. The fourth-order valence-electron chi connectivity index (χ4n) is 3.12. The monoisotopic (exact) mass is 413 g/mol. The van der Waals surface area contributed by atoms with Gasteiger partial charge in [-0.2, -0.15) is 13.2 Å². The zero-order valence-corrected chi connectivity index (χ0v) is 16.7. The summed E-state index contributed by atoms with van der Waals surface area (Å²) < 4.78 is 38.5. The Bertz CT molecular complexity index is 1150. The van der Waals surface area contributed by atoms with E-state index in [0.29, 0.717) is 23.8 Å². The van der Waals surface area contributed by atoms with Gasteiger partial charge in [0, 0.05) is 17.0 Å². The minimum absolute atomic E-state index is 0.548. The lowest BCUT2D eigenvalue weighted by Crippen LogP contribution is -2.05. The summed E-state index contributed by atoms with van der Waals surface area (Å²) in [5, 5.41) is 4.10. The number of hydrogen-bond acceptors (Lipinski definition) is 4. The van der Waals surface area contributed by atoms with Crippen LogP contribution in [0.1, 0.15) is 27.4 Å². The first-order chi connectivity index (χ1) is 13.8. The van der Waals surface area contributed by atoms with Crippen molar-refractivity contribution in [2.24, 2.45) is 0 Å². The Balaban J connectivity index is 1.73. The molecule has 3 nitrogen and oxygen atoms in total. The molecule has 2 aromatic carbocycles. The fourth-order valence-corrected chi connectivity index (χ4v) is 4.17. The van der Waals surface area contributed by atoms with Gasteiger partial charge in [-0.25, -0.2) is 9.97 Å². The van der Waals surface area contributed by atoms with Gasteiger partial charge in [-0.05, 0) is 49.2 Å². The maximum Gasteiger partial charge on any atom is 0.416 e. The summed E-state index contributed by atoms with van der Waals surface area (Å²) in [4.78, 5) is 11.4. The van der Waals surface area contributed by atoms with Gasteiger partial charge in [0.15, 0.2) is 0 Å². The van der Waals surface area contributed by atoms with Gasteiger partial charge in [0.25, 0.3) is 0 Å². The molecule has 4 rings (SSSR count). The molecule has 0 aliphatic heterocycles. The molecule has 4 aromatic rings. The smallest absolute Gasteiger partial charge is 0.340 e. The molecule has 0 aliphatic rings. The predicted molar refractivity (Wildman–Crippen MR) is 111 cm³/mol. The van der Waals surface area contributed by atoms with Crippen molar-refractivity contribution in [3.63, 3.8) is 0 Å². The van der Waals surface area contributed by atoms with E-state index < -0.39 is 11.7 Å².